The number of fused-ring (bicyclic) bond motifs is 1. The van der Waals surface area contributed by atoms with Gasteiger partial charge in [0.15, 0.2) is 0 Å². The van der Waals surface area contributed by atoms with Crippen molar-refractivity contribution >= 4 is 66.4 Å². The van der Waals surface area contributed by atoms with Crippen molar-refractivity contribution in [2.24, 2.45) is 5.10 Å². The predicted molar refractivity (Wildman–Crippen MR) is 167 cm³/mol. The molecule has 0 saturated carbocycles. The molecule has 40 heavy (non-hydrogen) atoms. The quantitative estimate of drug-likeness (QED) is 0.125. The molecule has 1 amide bonds. The molecule has 0 heterocycles. The van der Waals surface area contributed by atoms with Gasteiger partial charge >= 0.3 is 0 Å². The molecule has 0 spiro atoms. The van der Waals surface area contributed by atoms with Crippen LogP contribution in [-0.4, -0.2) is 12.1 Å². The highest BCUT2D eigenvalue weighted by Crippen LogP contribution is 2.35. The third-order valence-electron chi connectivity index (χ3n) is 6.12. The van der Waals surface area contributed by atoms with Crippen molar-refractivity contribution in [3.8, 4) is 11.5 Å². The Labute approximate surface area is 254 Å². The van der Waals surface area contributed by atoms with Gasteiger partial charge < -0.3 is 9.47 Å². The number of nitrogens with zero attached hydrogens (tertiary/aromatic N) is 1. The number of rotatable bonds is 9. The first kappa shape index (κ1) is 27.9. The van der Waals surface area contributed by atoms with Crippen molar-refractivity contribution < 1.29 is 14.3 Å². The van der Waals surface area contributed by atoms with Crippen molar-refractivity contribution in [3.05, 3.63) is 139 Å². The molecule has 0 bridgehead atoms. The Morgan fingerprint density at radius 3 is 2.27 bits per heavy atom. The molecule has 0 aliphatic heterocycles. The molecule has 200 valence electrons. The molecule has 0 unspecified atom stereocenters. The summed E-state index contributed by atoms with van der Waals surface area (Å²) in [7, 11) is 0. The van der Waals surface area contributed by atoms with Gasteiger partial charge in [-0.25, -0.2) is 5.43 Å². The van der Waals surface area contributed by atoms with E-state index < -0.39 is 0 Å². The molecular weight excluding hydrogens is 656 g/mol. The highest BCUT2D eigenvalue weighted by atomic mass is 79.9. The van der Waals surface area contributed by atoms with Crippen LogP contribution in [0.4, 0.5) is 0 Å². The van der Waals surface area contributed by atoms with E-state index >= 15 is 0 Å². The number of carbonyl (C=O) groups excluding carboxylic acids is 1. The summed E-state index contributed by atoms with van der Waals surface area (Å²) in [5.41, 5.74) is 5.64. The van der Waals surface area contributed by atoms with Gasteiger partial charge in [0.2, 0.25) is 0 Å². The fourth-order valence-electron chi connectivity index (χ4n) is 4.14. The van der Waals surface area contributed by atoms with E-state index in [2.05, 4.69) is 66.7 Å². The van der Waals surface area contributed by atoms with E-state index in [1.54, 1.807) is 36.5 Å². The summed E-state index contributed by atoms with van der Waals surface area (Å²) in [5, 5.41) is 7.09. The van der Waals surface area contributed by atoms with Crippen LogP contribution in [0, 0.1) is 0 Å². The maximum atomic E-state index is 12.9. The van der Waals surface area contributed by atoms with Crippen molar-refractivity contribution in [2.45, 2.75) is 13.2 Å². The van der Waals surface area contributed by atoms with Gasteiger partial charge in [-0.1, -0.05) is 84.4 Å². The van der Waals surface area contributed by atoms with Gasteiger partial charge in [-0.2, -0.15) is 5.10 Å². The summed E-state index contributed by atoms with van der Waals surface area (Å²) in [4.78, 5) is 12.9. The maximum Gasteiger partial charge on any atom is 0.275 e. The zero-order valence-electron chi connectivity index (χ0n) is 21.1. The molecule has 8 heteroatoms. The summed E-state index contributed by atoms with van der Waals surface area (Å²) in [5.74, 6) is 0.728. The number of benzene rings is 5. The van der Waals surface area contributed by atoms with E-state index in [0.717, 1.165) is 31.0 Å². The first-order valence-electron chi connectivity index (χ1n) is 12.4. The average Bonchev–Trinajstić information content (AvgIpc) is 2.96. The molecule has 0 radical (unpaired) electrons. The number of hydrazone groups is 1. The molecule has 5 nitrogen and oxygen atoms in total. The second-order valence-electron chi connectivity index (χ2n) is 8.82. The van der Waals surface area contributed by atoms with Gasteiger partial charge in [-0.05, 0) is 84.1 Å². The molecule has 0 fully saturated rings. The summed E-state index contributed by atoms with van der Waals surface area (Å²) in [6, 6.07) is 32.6. The van der Waals surface area contributed by atoms with Crippen LogP contribution in [0.3, 0.4) is 0 Å². The lowest BCUT2D eigenvalue weighted by atomic mass is 10.1. The zero-order valence-corrected chi connectivity index (χ0v) is 25.0. The van der Waals surface area contributed by atoms with Crippen molar-refractivity contribution in [1.82, 2.24) is 5.43 Å². The van der Waals surface area contributed by atoms with Crippen LogP contribution in [0.5, 0.6) is 11.5 Å². The molecule has 0 aromatic heterocycles. The first-order valence-corrected chi connectivity index (χ1v) is 14.3. The van der Waals surface area contributed by atoms with Crippen LogP contribution >= 0.6 is 43.5 Å². The van der Waals surface area contributed by atoms with Crippen LogP contribution in [-0.2, 0) is 13.2 Å². The van der Waals surface area contributed by atoms with E-state index in [-0.39, 0.29) is 12.5 Å². The Hall–Kier alpha value is -3.65. The average molecular weight is 679 g/mol. The molecule has 5 rings (SSSR count). The second-order valence-corrected chi connectivity index (χ2v) is 10.9. The number of hydrogen-bond acceptors (Lipinski definition) is 4. The van der Waals surface area contributed by atoms with E-state index in [9.17, 15) is 4.79 Å². The topological polar surface area (TPSA) is 59.9 Å². The SMILES string of the molecule is O=C(N/N=C\c1cc(Br)c(OCc2cccc3ccccc23)c(Br)c1)c1ccccc1OCc1ccccc1Cl. The van der Waals surface area contributed by atoms with E-state index in [4.69, 9.17) is 21.1 Å². The summed E-state index contributed by atoms with van der Waals surface area (Å²) >= 11 is 13.4. The monoisotopic (exact) mass is 676 g/mol. The van der Waals surface area contributed by atoms with Gasteiger partial charge in [0, 0.05) is 10.6 Å². The molecule has 0 aliphatic rings. The largest absolute Gasteiger partial charge is 0.488 e. The summed E-state index contributed by atoms with van der Waals surface area (Å²) < 4.78 is 13.6. The number of para-hydroxylation sites is 1. The Balaban J connectivity index is 1.23. The molecule has 0 saturated heterocycles. The Morgan fingerprint density at radius 2 is 1.45 bits per heavy atom. The minimum absolute atomic E-state index is 0.240. The number of nitrogens with one attached hydrogen (secondary N) is 1. The zero-order chi connectivity index (χ0) is 27.9. The normalized spacial score (nSPS) is 11.1. The van der Waals surface area contributed by atoms with Gasteiger partial charge in [0.25, 0.3) is 5.91 Å². The van der Waals surface area contributed by atoms with Gasteiger partial charge in [-0.15, -0.1) is 0 Å². The molecule has 0 aliphatic carbocycles. The van der Waals surface area contributed by atoms with E-state index in [0.29, 0.717) is 28.7 Å². The smallest absolute Gasteiger partial charge is 0.275 e. The standard InChI is InChI=1S/C32H23Br2ClN2O3/c33-27-16-21(17-28(34)31(27)40-19-23-11-7-10-22-8-1-3-12-25(22)23)18-36-37-32(38)26-13-4-6-15-30(26)39-20-24-9-2-5-14-29(24)35/h1-18H,19-20H2,(H,37,38)/b36-18-. The van der Waals surface area contributed by atoms with Crippen LogP contribution in [0.15, 0.2) is 117 Å². The van der Waals surface area contributed by atoms with E-state index in [1.807, 2.05) is 48.5 Å². The molecule has 5 aromatic carbocycles. The van der Waals surface area contributed by atoms with Gasteiger partial charge in [0.1, 0.15) is 24.7 Å². The van der Waals surface area contributed by atoms with E-state index in [1.165, 1.54) is 5.39 Å². The van der Waals surface area contributed by atoms with Crippen molar-refractivity contribution in [2.75, 3.05) is 0 Å². The van der Waals surface area contributed by atoms with Gasteiger partial charge in [0.05, 0.1) is 20.7 Å². The lowest BCUT2D eigenvalue weighted by Crippen LogP contribution is -2.18. The Morgan fingerprint density at radius 1 is 0.800 bits per heavy atom. The maximum absolute atomic E-state index is 12.9. The highest BCUT2D eigenvalue weighted by molar-refractivity contribution is 9.11. The molecule has 5 aromatic rings. The molecule has 0 atom stereocenters. The summed E-state index contributed by atoms with van der Waals surface area (Å²) in [6.45, 7) is 0.657. The van der Waals surface area contributed by atoms with Crippen LogP contribution < -0.4 is 14.9 Å². The van der Waals surface area contributed by atoms with Crippen LogP contribution in [0.2, 0.25) is 5.02 Å². The minimum Gasteiger partial charge on any atom is -0.488 e. The Kier molecular flexibility index (Phi) is 9.16. The number of carbonyl (C=O) groups is 1. The van der Waals surface area contributed by atoms with Crippen LogP contribution in [0.25, 0.3) is 10.8 Å². The Bertz CT molecular complexity index is 1680. The third-order valence-corrected chi connectivity index (χ3v) is 7.67. The number of ether oxygens (including phenoxy) is 2. The predicted octanol–water partition coefficient (Wildman–Crippen LogP) is 8.94. The fraction of sp³-hybridized carbons (Fsp3) is 0.0625. The molecule has 1 N–H and O–H groups in total. The molecular formula is C32H23Br2ClN2O3. The first-order chi connectivity index (χ1) is 19.5. The number of hydrogen-bond donors (Lipinski definition) is 1. The van der Waals surface area contributed by atoms with Gasteiger partial charge in [-0.3, -0.25) is 4.79 Å². The highest BCUT2D eigenvalue weighted by Gasteiger charge is 2.13. The number of amides is 1. The van der Waals surface area contributed by atoms with Crippen molar-refractivity contribution in [1.29, 1.82) is 0 Å². The third kappa shape index (κ3) is 6.73. The lowest BCUT2D eigenvalue weighted by molar-refractivity contribution is 0.0950. The minimum atomic E-state index is -0.390. The number of halogens is 3. The van der Waals surface area contributed by atoms with Crippen LogP contribution in [0.1, 0.15) is 27.0 Å². The lowest BCUT2D eigenvalue weighted by Gasteiger charge is -2.13. The van der Waals surface area contributed by atoms with Crippen molar-refractivity contribution in [3.63, 3.8) is 0 Å². The fourth-order valence-corrected chi connectivity index (χ4v) is 5.78. The second kappa shape index (κ2) is 13.1. The summed E-state index contributed by atoms with van der Waals surface area (Å²) in [6.07, 6.45) is 1.56.